The molecule has 2 atom stereocenters. The van der Waals surface area contributed by atoms with Crippen molar-refractivity contribution in [2.75, 3.05) is 30.6 Å². The molecule has 0 aliphatic heterocycles. The summed E-state index contributed by atoms with van der Waals surface area (Å²) in [6, 6.07) is 0.340. The lowest BCUT2D eigenvalue weighted by Crippen LogP contribution is -2.37. The Hall–Kier alpha value is -3.72. The van der Waals surface area contributed by atoms with Crippen molar-refractivity contribution in [1.29, 1.82) is 0 Å². The number of sulfone groups is 1. The van der Waals surface area contributed by atoms with E-state index in [1.807, 2.05) is 45.0 Å². The fourth-order valence-corrected chi connectivity index (χ4v) is 4.55. The fraction of sp³-hybridized carbons (Fsp3) is 0.486. The van der Waals surface area contributed by atoms with Gasteiger partial charge in [-0.3, -0.25) is 4.79 Å². The van der Waals surface area contributed by atoms with E-state index in [1.165, 1.54) is 6.26 Å². The van der Waals surface area contributed by atoms with Crippen molar-refractivity contribution >= 4 is 39.7 Å². The molecule has 8 nitrogen and oxygen atoms in total. The molecule has 0 spiro atoms. The number of hydrogen-bond donors (Lipinski definition) is 2. The molecule has 0 fully saturated rings. The van der Waals surface area contributed by atoms with E-state index in [-0.39, 0.29) is 18.0 Å². The van der Waals surface area contributed by atoms with E-state index in [0.717, 1.165) is 53.2 Å². The van der Waals surface area contributed by atoms with Gasteiger partial charge in [-0.25, -0.2) is 13.4 Å². The minimum Gasteiger partial charge on any atom is -0.362 e. The highest BCUT2D eigenvalue weighted by Gasteiger charge is 2.15. The summed E-state index contributed by atoms with van der Waals surface area (Å²) in [6.07, 6.45) is 24.8. The van der Waals surface area contributed by atoms with E-state index in [4.69, 9.17) is 9.97 Å². The number of carbonyl (C=O) groups is 1. The summed E-state index contributed by atoms with van der Waals surface area (Å²) in [6.45, 7) is 17.5. The molecular formula is C37H57N5O3S. The van der Waals surface area contributed by atoms with Gasteiger partial charge in [0, 0.05) is 42.6 Å². The molecule has 2 rings (SSSR count). The predicted octanol–water partition coefficient (Wildman–Crippen LogP) is 6.15. The molecule has 0 saturated heterocycles. The summed E-state index contributed by atoms with van der Waals surface area (Å²) < 4.78 is 21.8. The first kappa shape index (κ1) is 40.3. The van der Waals surface area contributed by atoms with Crippen LogP contribution in [0.15, 0.2) is 71.2 Å². The number of allylic oxidation sites excluding steroid dienone is 10. The number of anilines is 2. The van der Waals surface area contributed by atoms with E-state index < -0.39 is 9.84 Å². The van der Waals surface area contributed by atoms with E-state index >= 15 is 0 Å². The molecule has 1 aliphatic carbocycles. The number of rotatable bonds is 15. The molecule has 1 unspecified atom stereocenters. The second-order valence-electron chi connectivity index (χ2n) is 12.2. The second-order valence-corrected chi connectivity index (χ2v) is 14.4. The maximum Gasteiger partial charge on any atom is 0.225 e. The summed E-state index contributed by atoms with van der Waals surface area (Å²) >= 11 is 0. The third-order valence-corrected chi connectivity index (χ3v) is 8.63. The van der Waals surface area contributed by atoms with Crippen LogP contribution >= 0.6 is 0 Å². The van der Waals surface area contributed by atoms with Gasteiger partial charge in [0.1, 0.15) is 5.82 Å². The Balaban J connectivity index is 0.000000745. The van der Waals surface area contributed by atoms with E-state index in [2.05, 4.69) is 75.3 Å². The highest BCUT2D eigenvalue weighted by Crippen LogP contribution is 2.13. The molecule has 9 heteroatoms. The minimum absolute atomic E-state index is 0.0690. The quantitative estimate of drug-likeness (QED) is 0.219. The van der Waals surface area contributed by atoms with Crippen LogP contribution in [0, 0.1) is 5.92 Å². The van der Waals surface area contributed by atoms with Crippen molar-refractivity contribution < 1.29 is 13.2 Å². The van der Waals surface area contributed by atoms with Crippen LogP contribution in [0.2, 0.25) is 0 Å². The predicted molar refractivity (Wildman–Crippen MR) is 198 cm³/mol. The second kappa shape index (κ2) is 20.4. The van der Waals surface area contributed by atoms with Gasteiger partial charge in [-0.15, -0.1) is 0 Å². The molecule has 0 radical (unpaired) electrons. The van der Waals surface area contributed by atoms with Crippen LogP contribution in [0.25, 0.3) is 12.2 Å². The molecular weight excluding hydrogens is 595 g/mol. The van der Waals surface area contributed by atoms with Gasteiger partial charge >= 0.3 is 0 Å². The number of nitrogens with one attached hydrogen (secondary N) is 2. The fourth-order valence-electron chi connectivity index (χ4n) is 4.24. The summed E-state index contributed by atoms with van der Waals surface area (Å²) in [5.74, 6) is 2.12. The molecule has 1 amide bonds. The standard InChI is InChI=1S/C28H43N5O.C9H14O2S/c1-8-22(17-15-20(3)4)19-26(34)29-21(5)16-18-23(9-2)30-28-31-25-14-12-10-11-13-24(25)27(32-28)33(6)7;1-5-8(2)6-7-9(3)12(4,10)11/h8,10,12-15,17,20-21,23H,9,11,16,18-19H2,1-7H3,(H,29,34)(H,30,31);5-7H,1H2,2-4H3/b17-15-,22-8+;8-6-,9-7+/t21-,23?;/m1./s1. The van der Waals surface area contributed by atoms with Gasteiger partial charge in [0.2, 0.25) is 11.9 Å². The van der Waals surface area contributed by atoms with Gasteiger partial charge in [0.15, 0.2) is 9.84 Å². The largest absolute Gasteiger partial charge is 0.362 e. The van der Waals surface area contributed by atoms with Crippen molar-refractivity contribution in [2.45, 2.75) is 92.7 Å². The number of fused-ring (bicyclic) bond motifs is 1. The molecule has 1 aromatic heterocycles. The molecule has 1 heterocycles. The zero-order valence-electron chi connectivity index (χ0n) is 29.7. The highest BCUT2D eigenvalue weighted by atomic mass is 32.2. The molecule has 46 heavy (non-hydrogen) atoms. The maximum absolute atomic E-state index is 12.5. The van der Waals surface area contributed by atoms with Crippen LogP contribution in [-0.4, -0.2) is 56.7 Å². The zero-order chi connectivity index (χ0) is 34.9. The molecule has 2 N–H and O–H groups in total. The van der Waals surface area contributed by atoms with Gasteiger partial charge < -0.3 is 15.5 Å². The smallest absolute Gasteiger partial charge is 0.225 e. The Bertz CT molecular complexity index is 1550. The number of aromatic nitrogens is 2. The zero-order valence-corrected chi connectivity index (χ0v) is 30.5. The first-order chi connectivity index (χ1) is 21.6. The monoisotopic (exact) mass is 651 g/mol. The molecule has 0 saturated carbocycles. The number of hydrogen-bond acceptors (Lipinski definition) is 7. The Morgan fingerprint density at radius 3 is 2.39 bits per heavy atom. The van der Waals surface area contributed by atoms with Crippen molar-refractivity contribution in [2.24, 2.45) is 5.92 Å². The molecule has 254 valence electrons. The Kier molecular flexibility index (Phi) is 17.9. The molecule has 0 bridgehead atoms. The summed E-state index contributed by atoms with van der Waals surface area (Å²) in [5, 5.41) is 8.70. The summed E-state index contributed by atoms with van der Waals surface area (Å²) in [5.41, 5.74) is 1.99. The van der Waals surface area contributed by atoms with Crippen LogP contribution in [0.4, 0.5) is 11.8 Å². The average Bonchev–Trinajstić information content (AvgIpc) is 3.24. The van der Waals surface area contributed by atoms with Crippen LogP contribution in [0.1, 0.15) is 80.6 Å². The Labute approximate surface area is 278 Å². The molecule has 1 aromatic rings. The van der Waals surface area contributed by atoms with Crippen LogP contribution in [0.3, 0.4) is 0 Å². The number of nitrogens with zero attached hydrogens (tertiary/aromatic N) is 3. The third-order valence-electron chi connectivity index (χ3n) is 7.33. The van der Waals surface area contributed by atoms with E-state index in [0.29, 0.717) is 23.2 Å². The van der Waals surface area contributed by atoms with Crippen molar-refractivity contribution in [1.82, 2.24) is 15.3 Å². The van der Waals surface area contributed by atoms with Gasteiger partial charge in [-0.2, -0.15) is 4.98 Å². The number of amides is 1. The van der Waals surface area contributed by atoms with Gasteiger partial charge in [0.25, 0.3) is 0 Å². The first-order valence-corrected chi connectivity index (χ1v) is 18.0. The minimum atomic E-state index is -3.02. The lowest BCUT2D eigenvalue weighted by Gasteiger charge is -2.21. The molecule has 1 aliphatic rings. The Morgan fingerprint density at radius 2 is 1.83 bits per heavy atom. The average molecular weight is 652 g/mol. The summed E-state index contributed by atoms with van der Waals surface area (Å²) in [7, 11) is 0.999. The number of carbonyl (C=O) groups excluding carboxylic acids is 1. The van der Waals surface area contributed by atoms with Crippen LogP contribution in [0.5, 0.6) is 0 Å². The van der Waals surface area contributed by atoms with Crippen molar-refractivity contribution in [3.05, 3.63) is 81.8 Å². The Morgan fingerprint density at radius 1 is 1.13 bits per heavy atom. The lowest BCUT2D eigenvalue weighted by atomic mass is 10.0. The van der Waals surface area contributed by atoms with E-state index in [1.54, 1.807) is 25.2 Å². The van der Waals surface area contributed by atoms with Gasteiger partial charge in [0.05, 0.1) is 11.8 Å². The van der Waals surface area contributed by atoms with Crippen molar-refractivity contribution in [3.8, 4) is 0 Å². The van der Waals surface area contributed by atoms with Crippen molar-refractivity contribution in [3.63, 3.8) is 0 Å². The third kappa shape index (κ3) is 15.5. The maximum atomic E-state index is 12.5. The molecule has 0 aromatic carbocycles. The van der Waals surface area contributed by atoms with E-state index in [9.17, 15) is 13.2 Å². The van der Waals surface area contributed by atoms with Crippen LogP contribution < -0.4 is 26.1 Å². The van der Waals surface area contributed by atoms with Gasteiger partial charge in [-0.05, 0) is 77.0 Å². The van der Waals surface area contributed by atoms with Crippen LogP contribution in [-0.2, 0) is 14.6 Å². The highest BCUT2D eigenvalue weighted by molar-refractivity contribution is 7.94. The van der Waals surface area contributed by atoms with Gasteiger partial charge in [-0.1, -0.05) is 81.5 Å². The normalized spacial score (nSPS) is 15.1. The summed E-state index contributed by atoms with van der Waals surface area (Å²) in [4.78, 5) is 24.5. The topological polar surface area (TPSA) is 104 Å². The first-order valence-electron chi connectivity index (χ1n) is 16.1. The lowest BCUT2D eigenvalue weighted by molar-refractivity contribution is -0.121. The SMILES string of the molecule is C/C=C(\C=C/C(C)C)CC(=O)N[C@H](C)CCC(CC)Nc1nc(N(C)C)c2c(n1)=CC=CCC=2.C=C/C(C)=C\C=C(/C)S(C)(=O)=O.